The number of nitrogens with two attached hydrogens (primary N) is 1. The molecule has 160 valence electrons. The lowest BCUT2D eigenvalue weighted by Gasteiger charge is -2.33. The first-order chi connectivity index (χ1) is 14.2. The van der Waals surface area contributed by atoms with E-state index in [1.807, 2.05) is 6.07 Å². The number of benzene rings is 2. The van der Waals surface area contributed by atoms with E-state index in [0.29, 0.717) is 36.6 Å². The molecule has 1 aliphatic rings. The van der Waals surface area contributed by atoms with E-state index in [1.165, 1.54) is 24.3 Å². The van der Waals surface area contributed by atoms with Crippen LogP contribution in [0.2, 0.25) is 5.02 Å². The predicted octanol–water partition coefficient (Wildman–Crippen LogP) is 2.57. The zero-order valence-corrected chi connectivity index (χ0v) is 18.2. The number of amides is 2. The minimum absolute atomic E-state index is 0.0513. The molecule has 2 N–H and O–H groups in total. The number of carbonyl (C=O) groups excluding carboxylic acids is 2. The van der Waals surface area contributed by atoms with Crippen molar-refractivity contribution in [3.05, 3.63) is 59.1 Å². The molecule has 3 rings (SSSR count). The van der Waals surface area contributed by atoms with Gasteiger partial charge in [-0.3, -0.25) is 13.9 Å². The number of likely N-dealkylation sites (tertiary alicyclic amines) is 1. The number of halogens is 1. The van der Waals surface area contributed by atoms with Crippen LogP contribution < -0.4 is 10.0 Å². The highest BCUT2D eigenvalue weighted by atomic mass is 35.5. The number of anilines is 1. The number of para-hydroxylation sites is 1. The van der Waals surface area contributed by atoms with E-state index in [2.05, 4.69) is 0 Å². The van der Waals surface area contributed by atoms with Crippen molar-refractivity contribution in [1.29, 1.82) is 0 Å². The smallest absolute Gasteiger partial charge is 0.264 e. The Balaban J connectivity index is 1.89. The van der Waals surface area contributed by atoms with Crippen molar-refractivity contribution in [3.8, 4) is 0 Å². The van der Waals surface area contributed by atoms with Gasteiger partial charge in [-0.05, 0) is 55.7 Å². The van der Waals surface area contributed by atoms with Gasteiger partial charge < -0.3 is 10.6 Å². The van der Waals surface area contributed by atoms with Crippen molar-refractivity contribution in [1.82, 2.24) is 4.90 Å². The van der Waals surface area contributed by atoms with Gasteiger partial charge in [0.05, 0.1) is 10.6 Å². The standard InChI is InChI=1S/C21H24ClN3O4S/c1-15-4-2-3-5-19(15)25(30(28,29)18-8-6-17(22)7-9-18)14-20(26)24-12-10-16(11-13-24)21(23)27/h2-9,16H,10-14H2,1H3,(H2,23,27). The molecule has 0 aliphatic carbocycles. The van der Waals surface area contributed by atoms with E-state index in [-0.39, 0.29) is 29.2 Å². The monoisotopic (exact) mass is 449 g/mol. The van der Waals surface area contributed by atoms with Gasteiger partial charge in [0, 0.05) is 24.0 Å². The molecule has 2 amide bonds. The summed E-state index contributed by atoms with van der Waals surface area (Å²) in [6, 6.07) is 12.9. The topological polar surface area (TPSA) is 101 Å². The van der Waals surface area contributed by atoms with Gasteiger partial charge in [0.15, 0.2) is 0 Å². The lowest BCUT2D eigenvalue weighted by Crippen LogP contribution is -2.47. The third kappa shape index (κ3) is 4.76. The van der Waals surface area contributed by atoms with Crippen LogP contribution in [0.1, 0.15) is 18.4 Å². The van der Waals surface area contributed by atoms with Crippen molar-refractivity contribution < 1.29 is 18.0 Å². The van der Waals surface area contributed by atoms with E-state index in [0.717, 1.165) is 9.87 Å². The van der Waals surface area contributed by atoms with Crippen LogP contribution >= 0.6 is 11.6 Å². The number of hydrogen-bond donors (Lipinski definition) is 1. The van der Waals surface area contributed by atoms with Gasteiger partial charge in [0.2, 0.25) is 11.8 Å². The molecular formula is C21H24ClN3O4S. The van der Waals surface area contributed by atoms with Crippen LogP contribution in [0.25, 0.3) is 0 Å². The highest BCUT2D eigenvalue weighted by Crippen LogP contribution is 2.28. The third-order valence-corrected chi connectivity index (χ3v) is 7.34. The first kappa shape index (κ1) is 22.1. The number of primary amides is 1. The summed E-state index contributed by atoms with van der Waals surface area (Å²) in [5.41, 5.74) is 6.52. The van der Waals surface area contributed by atoms with Crippen molar-refractivity contribution in [3.63, 3.8) is 0 Å². The summed E-state index contributed by atoms with van der Waals surface area (Å²) >= 11 is 5.90. The summed E-state index contributed by atoms with van der Waals surface area (Å²) in [6.07, 6.45) is 0.963. The molecule has 0 atom stereocenters. The van der Waals surface area contributed by atoms with Crippen LogP contribution in [0, 0.1) is 12.8 Å². The molecule has 1 saturated heterocycles. The van der Waals surface area contributed by atoms with Crippen LogP contribution in [-0.2, 0) is 19.6 Å². The Morgan fingerprint density at radius 1 is 1.10 bits per heavy atom. The third-order valence-electron chi connectivity index (χ3n) is 5.31. The fourth-order valence-corrected chi connectivity index (χ4v) is 5.12. The Bertz CT molecular complexity index is 1030. The van der Waals surface area contributed by atoms with Gasteiger partial charge in [-0.15, -0.1) is 0 Å². The van der Waals surface area contributed by atoms with E-state index >= 15 is 0 Å². The Morgan fingerprint density at radius 2 is 1.70 bits per heavy atom. The average molecular weight is 450 g/mol. The Labute approximate surface area is 181 Å². The summed E-state index contributed by atoms with van der Waals surface area (Å²) < 4.78 is 27.9. The summed E-state index contributed by atoms with van der Waals surface area (Å²) in [5, 5.41) is 0.421. The highest BCUT2D eigenvalue weighted by Gasteiger charge is 2.32. The minimum atomic E-state index is -4.00. The number of rotatable bonds is 6. The summed E-state index contributed by atoms with van der Waals surface area (Å²) in [7, 11) is -4.00. The Hall–Kier alpha value is -2.58. The maximum absolute atomic E-state index is 13.4. The average Bonchev–Trinajstić information content (AvgIpc) is 2.73. The molecule has 9 heteroatoms. The van der Waals surface area contributed by atoms with E-state index < -0.39 is 10.0 Å². The molecule has 7 nitrogen and oxygen atoms in total. The van der Waals surface area contributed by atoms with E-state index in [9.17, 15) is 18.0 Å². The molecule has 0 unspecified atom stereocenters. The van der Waals surface area contributed by atoms with Crippen LogP contribution in [0.3, 0.4) is 0 Å². The normalized spacial score (nSPS) is 15.1. The summed E-state index contributed by atoms with van der Waals surface area (Å²) in [4.78, 5) is 26.0. The quantitative estimate of drug-likeness (QED) is 0.732. The lowest BCUT2D eigenvalue weighted by molar-refractivity contribution is -0.133. The molecular weight excluding hydrogens is 426 g/mol. The Morgan fingerprint density at radius 3 is 2.27 bits per heavy atom. The maximum atomic E-state index is 13.4. The van der Waals surface area contributed by atoms with Gasteiger partial charge in [0.1, 0.15) is 6.54 Å². The molecule has 2 aromatic rings. The molecule has 30 heavy (non-hydrogen) atoms. The Kier molecular flexibility index (Phi) is 6.67. The van der Waals surface area contributed by atoms with Crippen LogP contribution in [0.4, 0.5) is 5.69 Å². The van der Waals surface area contributed by atoms with Gasteiger partial charge >= 0.3 is 0 Å². The van der Waals surface area contributed by atoms with E-state index in [4.69, 9.17) is 17.3 Å². The fourth-order valence-electron chi connectivity index (χ4n) is 3.51. The number of sulfonamides is 1. The van der Waals surface area contributed by atoms with Crippen molar-refractivity contribution in [2.45, 2.75) is 24.7 Å². The number of carbonyl (C=O) groups is 2. The zero-order valence-electron chi connectivity index (χ0n) is 16.6. The van der Waals surface area contributed by atoms with Gasteiger partial charge in [-0.2, -0.15) is 0 Å². The van der Waals surface area contributed by atoms with Gasteiger partial charge in [-0.1, -0.05) is 29.8 Å². The number of nitrogens with zero attached hydrogens (tertiary/aromatic N) is 2. The van der Waals surface area contributed by atoms with Crippen molar-refractivity contribution in [2.24, 2.45) is 11.7 Å². The number of piperidine rings is 1. The van der Waals surface area contributed by atoms with E-state index in [1.54, 1.807) is 30.0 Å². The molecule has 0 aromatic heterocycles. The summed E-state index contributed by atoms with van der Waals surface area (Å²) in [5.74, 6) is -0.938. The SMILES string of the molecule is Cc1ccccc1N(CC(=O)N1CCC(C(N)=O)CC1)S(=O)(=O)c1ccc(Cl)cc1. The molecule has 2 aromatic carbocycles. The van der Waals surface area contributed by atoms with Gasteiger partial charge in [-0.25, -0.2) is 8.42 Å². The zero-order chi connectivity index (χ0) is 21.9. The van der Waals surface area contributed by atoms with Crippen LogP contribution in [0.5, 0.6) is 0 Å². The largest absolute Gasteiger partial charge is 0.369 e. The molecule has 1 fully saturated rings. The first-order valence-corrected chi connectivity index (χ1v) is 11.4. The summed E-state index contributed by atoms with van der Waals surface area (Å²) in [6.45, 7) is 2.20. The first-order valence-electron chi connectivity index (χ1n) is 9.61. The maximum Gasteiger partial charge on any atom is 0.264 e. The number of aryl methyl sites for hydroxylation is 1. The minimum Gasteiger partial charge on any atom is -0.369 e. The second-order valence-corrected chi connectivity index (χ2v) is 9.61. The molecule has 1 heterocycles. The fraction of sp³-hybridized carbons (Fsp3) is 0.333. The van der Waals surface area contributed by atoms with Crippen molar-refractivity contribution in [2.75, 3.05) is 23.9 Å². The molecule has 0 radical (unpaired) electrons. The van der Waals surface area contributed by atoms with Crippen LogP contribution in [0.15, 0.2) is 53.4 Å². The highest BCUT2D eigenvalue weighted by molar-refractivity contribution is 7.92. The predicted molar refractivity (Wildman–Crippen MR) is 116 cm³/mol. The van der Waals surface area contributed by atoms with Crippen molar-refractivity contribution >= 4 is 39.1 Å². The lowest BCUT2D eigenvalue weighted by atomic mass is 9.96. The van der Waals surface area contributed by atoms with Crippen LogP contribution in [-0.4, -0.2) is 44.8 Å². The second kappa shape index (κ2) is 9.06. The van der Waals surface area contributed by atoms with Gasteiger partial charge in [0.25, 0.3) is 10.0 Å². The molecule has 0 bridgehead atoms. The second-order valence-electron chi connectivity index (χ2n) is 7.31. The molecule has 1 aliphatic heterocycles. The number of hydrogen-bond acceptors (Lipinski definition) is 4. The molecule has 0 saturated carbocycles. The molecule has 0 spiro atoms.